The molecule has 98 valence electrons. The van der Waals surface area contributed by atoms with Crippen LogP contribution in [0.1, 0.15) is 18.4 Å². The number of hydrogen-bond donors (Lipinski definition) is 2. The summed E-state index contributed by atoms with van der Waals surface area (Å²) in [7, 11) is 0. The summed E-state index contributed by atoms with van der Waals surface area (Å²) in [6, 6.07) is 6.98. The van der Waals surface area contributed by atoms with Crippen LogP contribution in [0.2, 0.25) is 0 Å². The molecule has 1 heterocycles. The zero-order chi connectivity index (χ0) is 13.7. The summed E-state index contributed by atoms with van der Waals surface area (Å²) >= 11 is 0. The highest BCUT2D eigenvalue weighted by atomic mass is 16.2. The van der Waals surface area contributed by atoms with E-state index >= 15 is 0 Å². The Morgan fingerprint density at radius 2 is 2.21 bits per heavy atom. The predicted molar refractivity (Wildman–Crippen MR) is 72.5 cm³/mol. The van der Waals surface area contributed by atoms with Gasteiger partial charge in [-0.2, -0.15) is 0 Å². The van der Waals surface area contributed by atoms with Crippen LogP contribution in [0, 0.1) is 11.8 Å². The Bertz CT molecular complexity index is 557. The van der Waals surface area contributed by atoms with Crippen molar-refractivity contribution >= 4 is 17.6 Å². The zero-order valence-corrected chi connectivity index (χ0v) is 10.5. The van der Waals surface area contributed by atoms with E-state index in [0.29, 0.717) is 25.9 Å². The van der Waals surface area contributed by atoms with E-state index in [1.165, 1.54) is 4.90 Å². The summed E-state index contributed by atoms with van der Waals surface area (Å²) in [5, 5.41) is 2.30. The number of hydrogen-bond acceptors (Lipinski definition) is 3. The third kappa shape index (κ3) is 3.33. The number of nitrogens with zero attached hydrogens (tertiary/aromatic N) is 1. The van der Waals surface area contributed by atoms with Crippen molar-refractivity contribution in [2.24, 2.45) is 5.73 Å². The molecule has 0 bridgehead atoms. The summed E-state index contributed by atoms with van der Waals surface area (Å²) in [6.07, 6.45) is 0.956. The average Bonchev–Trinajstić information content (AvgIpc) is 2.39. The van der Waals surface area contributed by atoms with Crippen molar-refractivity contribution < 1.29 is 9.59 Å². The molecule has 1 fully saturated rings. The van der Waals surface area contributed by atoms with Gasteiger partial charge in [-0.15, -0.1) is 0 Å². The first kappa shape index (κ1) is 13.1. The van der Waals surface area contributed by atoms with Gasteiger partial charge in [-0.05, 0) is 18.2 Å². The minimum absolute atomic E-state index is 0.236. The maximum Gasteiger partial charge on any atom is 0.328 e. The second-order valence-electron chi connectivity index (χ2n) is 4.15. The molecule has 2 rings (SSSR count). The van der Waals surface area contributed by atoms with Crippen LogP contribution < -0.4 is 16.0 Å². The molecule has 1 saturated heterocycles. The molecule has 3 N–H and O–H groups in total. The smallest absolute Gasteiger partial charge is 0.328 e. The van der Waals surface area contributed by atoms with Crippen LogP contribution in [0.25, 0.3) is 0 Å². The van der Waals surface area contributed by atoms with E-state index < -0.39 is 0 Å². The van der Waals surface area contributed by atoms with Crippen molar-refractivity contribution in [3.63, 3.8) is 0 Å². The maximum absolute atomic E-state index is 11.7. The van der Waals surface area contributed by atoms with Gasteiger partial charge in [0, 0.05) is 37.2 Å². The second kappa shape index (κ2) is 6.03. The summed E-state index contributed by atoms with van der Waals surface area (Å²) in [5.41, 5.74) is 6.94. The van der Waals surface area contributed by atoms with Crippen LogP contribution in [0.5, 0.6) is 0 Å². The molecule has 0 spiro atoms. The van der Waals surface area contributed by atoms with Crippen molar-refractivity contribution in [1.29, 1.82) is 0 Å². The van der Waals surface area contributed by atoms with Gasteiger partial charge < -0.3 is 5.73 Å². The molecule has 3 amide bonds. The molecule has 1 aliphatic rings. The van der Waals surface area contributed by atoms with Crippen LogP contribution in [0.4, 0.5) is 10.5 Å². The molecule has 19 heavy (non-hydrogen) atoms. The number of rotatable bonds is 2. The molecular formula is C14H15N3O2. The van der Waals surface area contributed by atoms with Crippen molar-refractivity contribution in [3.8, 4) is 11.8 Å². The molecule has 5 nitrogen and oxygen atoms in total. The molecule has 5 heteroatoms. The second-order valence-corrected chi connectivity index (χ2v) is 4.15. The number of anilines is 1. The van der Waals surface area contributed by atoms with E-state index in [9.17, 15) is 9.59 Å². The van der Waals surface area contributed by atoms with Gasteiger partial charge in [0.1, 0.15) is 0 Å². The maximum atomic E-state index is 11.7. The first-order valence-electron chi connectivity index (χ1n) is 6.11. The fourth-order valence-corrected chi connectivity index (χ4v) is 1.80. The Labute approximate surface area is 111 Å². The van der Waals surface area contributed by atoms with Crippen LogP contribution in [0.15, 0.2) is 24.3 Å². The topological polar surface area (TPSA) is 75.4 Å². The van der Waals surface area contributed by atoms with E-state index in [0.717, 1.165) is 11.3 Å². The minimum atomic E-state index is -0.386. The number of nitrogens with two attached hydrogens (primary N) is 1. The molecule has 0 saturated carbocycles. The van der Waals surface area contributed by atoms with Crippen molar-refractivity contribution in [1.82, 2.24) is 5.32 Å². The zero-order valence-electron chi connectivity index (χ0n) is 10.5. The van der Waals surface area contributed by atoms with Gasteiger partial charge in [0.15, 0.2) is 0 Å². The number of imide groups is 1. The van der Waals surface area contributed by atoms with Gasteiger partial charge >= 0.3 is 6.03 Å². The lowest BCUT2D eigenvalue weighted by Gasteiger charge is -2.26. The third-order valence-corrected chi connectivity index (χ3v) is 2.71. The fraction of sp³-hybridized carbons (Fsp3) is 0.286. The largest absolute Gasteiger partial charge is 0.330 e. The van der Waals surface area contributed by atoms with E-state index in [1.54, 1.807) is 0 Å². The molecule has 1 aliphatic heterocycles. The number of carbonyl (C=O) groups is 2. The van der Waals surface area contributed by atoms with Crippen LogP contribution in [-0.4, -0.2) is 25.0 Å². The lowest BCUT2D eigenvalue weighted by atomic mass is 10.1. The van der Waals surface area contributed by atoms with Crippen LogP contribution in [0.3, 0.4) is 0 Å². The SMILES string of the molecule is NCCC#Cc1cccc(N2CCC(=O)NC2=O)c1. The third-order valence-electron chi connectivity index (χ3n) is 2.71. The Balaban J connectivity index is 2.17. The van der Waals surface area contributed by atoms with Gasteiger partial charge in [-0.3, -0.25) is 15.0 Å². The Hall–Kier alpha value is -2.32. The molecule has 0 radical (unpaired) electrons. The lowest BCUT2D eigenvalue weighted by molar-refractivity contribution is -0.120. The van der Waals surface area contributed by atoms with Gasteiger partial charge in [-0.1, -0.05) is 17.9 Å². The molecule has 1 aromatic carbocycles. The molecular weight excluding hydrogens is 242 g/mol. The van der Waals surface area contributed by atoms with Crippen molar-refractivity contribution in [2.45, 2.75) is 12.8 Å². The average molecular weight is 257 g/mol. The lowest BCUT2D eigenvalue weighted by Crippen LogP contribution is -2.49. The molecule has 1 aromatic rings. The van der Waals surface area contributed by atoms with Gasteiger partial charge in [-0.25, -0.2) is 4.79 Å². The number of carbonyl (C=O) groups excluding carboxylic acids is 2. The summed E-state index contributed by atoms with van der Waals surface area (Å²) < 4.78 is 0. The Morgan fingerprint density at radius 1 is 1.37 bits per heavy atom. The minimum Gasteiger partial charge on any atom is -0.330 e. The molecule has 0 aromatic heterocycles. The van der Waals surface area contributed by atoms with E-state index in [-0.39, 0.29) is 11.9 Å². The Morgan fingerprint density at radius 3 is 2.95 bits per heavy atom. The van der Waals surface area contributed by atoms with E-state index in [1.807, 2.05) is 24.3 Å². The van der Waals surface area contributed by atoms with Crippen molar-refractivity contribution in [3.05, 3.63) is 29.8 Å². The Kier molecular flexibility index (Phi) is 4.16. The first-order chi connectivity index (χ1) is 9.20. The summed E-state index contributed by atoms with van der Waals surface area (Å²) in [4.78, 5) is 24.4. The summed E-state index contributed by atoms with van der Waals surface area (Å²) in [5.74, 6) is 5.71. The molecule has 0 atom stereocenters. The van der Waals surface area contributed by atoms with E-state index in [4.69, 9.17) is 5.73 Å². The van der Waals surface area contributed by atoms with Gasteiger partial charge in [0.2, 0.25) is 5.91 Å². The number of benzene rings is 1. The van der Waals surface area contributed by atoms with Crippen molar-refractivity contribution in [2.75, 3.05) is 18.0 Å². The normalized spacial score (nSPS) is 14.7. The van der Waals surface area contributed by atoms with Gasteiger partial charge in [0.05, 0.1) is 0 Å². The fourth-order valence-electron chi connectivity index (χ4n) is 1.80. The highest BCUT2D eigenvalue weighted by Gasteiger charge is 2.23. The molecule has 0 aliphatic carbocycles. The van der Waals surface area contributed by atoms with Gasteiger partial charge in [0.25, 0.3) is 0 Å². The van der Waals surface area contributed by atoms with E-state index in [2.05, 4.69) is 17.2 Å². The standard InChI is InChI=1S/C14H15N3O2/c15-8-2-1-4-11-5-3-6-12(10-11)17-9-7-13(18)16-14(17)19/h3,5-6,10H,2,7-9,15H2,(H,16,18,19). The first-order valence-corrected chi connectivity index (χ1v) is 6.11. The predicted octanol–water partition coefficient (Wildman–Crippen LogP) is 0.833. The highest BCUT2D eigenvalue weighted by molar-refractivity contribution is 6.05. The number of amides is 3. The number of nitrogens with one attached hydrogen (secondary N) is 1. The van der Waals surface area contributed by atoms with Crippen LogP contribution in [-0.2, 0) is 4.79 Å². The van der Waals surface area contributed by atoms with Crippen LogP contribution >= 0.6 is 0 Å². The number of urea groups is 1. The monoisotopic (exact) mass is 257 g/mol. The summed E-state index contributed by atoms with van der Waals surface area (Å²) in [6.45, 7) is 0.924. The quantitative estimate of drug-likeness (QED) is 0.771. The molecule has 0 unspecified atom stereocenters. The highest BCUT2D eigenvalue weighted by Crippen LogP contribution is 2.18.